The van der Waals surface area contributed by atoms with Gasteiger partial charge in [0.05, 0.1) is 23.6 Å². The molecule has 6 rings (SSSR count). The van der Waals surface area contributed by atoms with Crippen molar-refractivity contribution in [2.24, 2.45) is 11.8 Å². The number of thioether (sulfide) groups is 2. The minimum Gasteiger partial charge on any atom is -0.354 e. The summed E-state index contributed by atoms with van der Waals surface area (Å²) >= 11 is 2.89. The van der Waals surface area contributed by atoms with Gasteiger partial charge in [-0.25, -0.2) is 0 Å². The SMILES string of the molecule is CC1(C)S[C@H]([C@H](NC(=O)Cc2ccccc2)C(=O)NCC2CCCCC2)N[C@H]1C(=O)NCCNC(=O)[C@@H]1N[C@@H]([C@H](NC(=O)Cc2ccccc2)C(=O)NCC2CCCCC2)SC1(C)C. The van der Waals surface area contributed by atoms with Gasteiger partial charge in [-0.1, -0.05) is 99.2 Å². The van der Waals surface area contributed by atoms with Crippen LogP contribution in [0.3, 0.4) is 0 Å². The van der Waals surface area contributed by atoms with Gasteiger partial charge in [0.15, 0.2) is 0 Å². The van der Waals surface area contributed by atoms with Crippen LogP contribution in [0, 0.1) is 11.8 Å². The molecule has 6 amide bonds. The molecule has 350 valence electrons. The molecule has 0 spiro atoms. The average Bonchev–Trinajstić information content (AvgIpc) is 3.79. The van der Waals surface area contributed by atoms with Gasteiger partial charge in [0, 0.05) is 35.7 Å². The van der Waals surface area contributed by atoms with E-state index in [1.54, 1.807) is 0 Å². The molecule has 16 heteroatoms. The third-order valence-corrected chi connectivity index (χ3v) is 16.0. The summed E-state index contributed by atoms with van der Waals surface area (Å²) in [6.45, 7) is 9.16. The zero-order valence-electron chi connectivity index (χ0n) is 38.0. The van der Waals surface area contributed by atoms with Crippen LogP contribution in [-0.4, -0.2) is 106 Å². The van der Waals surface area contributed by atoms with E-state index in [1.165, 1.54) is 36.4 Å². The van der Waals surface area contributed by atoms with E-state index in [0.29, 0.717) is 24.9 Å². The minimum absolute atomic E-state index is 0.123. The topological polar surface area (TPSA) is 199 Å². The van der Waals surface area contributed by atoms with Crippen LogP contribution >= 0.6 is 23.5 Å². The molecule has 14 nitrogen and oxygen atoms in total. The van der Waals surface area contributed by atoms with Crippen LogP contribution in [0.15, 0.2) is 60.7 Å². The number of benzene rings is 2. The minimum atomic E-state index is -0.912. The lowest BCUT2D eigenvalue weighted by molar-refractivity contribution is -0.129. The average molecular weight is 919 g/mol. The lowest BCUT2D eigenvalue weighted by Crippen LogP contribution is -2.59. The Morgan fingerprint density at radius 2 is 0.906 bits per heavy atom. The molecule has 2 aliphatic carbocycles. The molecule has 0 radical (unpaired) electrons. The number of rotatable bonds is 19. The van der Waals surface area contributed by atoms with Gasteiger partial charge in [-0.2, -0.15) is 0 Å². The van der Waals surface area contributed by atoms with Gasteiger partial charge in [0.2, 0.25) is 35.4 Å². The molecule has 0 bridgehead atoms. The highest BCUT2D eigenvalue weighted by Crippen LogP contribution is 2.40. The first kappa shape index (κ1) is 49.3. The van der Waals surface area contributed by atoms with Gasteiger partial charge in [-0.3, -0.25) is 39.4 Å². The van der Waals surface area contributed by atoms with Crippen LogP contribution in [0.25, 0.3) is 0 Å². The van der Waals surface area contributed by atoms with Crippen molar-refractivity contribution in [3.8, 4) is 0 Å². The third kappa shape index (κ3) is 14.2. The number of hydrogen-bond acceptors (Lipinski definition) is 10. The fourth-order valence-corrected chi connectivity index (χ4v) is 12.3. The predicted octanol–water partition coefficient (Wildman–Crippen LogP) is 3.69. The first-order valence-corrected chi connectivity index (χ1v) is 25.1. The van der Waals surface area contributed by atoms with Crippen molar-refractivity contribution < 1.29 is 28.8 Å². The molecule has 6 atom stereocenters. The Morgan fingerprint density at radius 1 is 0.547 bits per heavy atom. The molecule has 2 aromatic rings. The van der Waals surface area contributed by atoms with E-state index in [-0.39, 0.29) is 61.4 Å². The summed E-state index contributed by atoms with van der Waals surface area (Å²) in [6.07, 6.45) is 11.6. The fourth-order valence-electron chi connectivity index (χ4n) is 9.34. The van der Waals surface area contributed by atoms with E-state index in [0.717, 1.165) is 62.5 Å². The van der Waals surface area contributed by atoms with Crippen molar-refractivity contribution in [2.75, 3.05) is 26.2 Å². The van der Waals surface area contributed by atoms with Crippen LogP contribution in [0.5, 0.6) is 0 Å². The van der Waals surface area contributed by atoms with Gasteiger partial charge in [0.25, 0.3) is 0 Å². The van der Waals surface area contributed by atoms with E-state index < -0.39 is 44.4 Å². The largest absolute Gasteiger partial charge is 0.354 e. The van der Waals surface area contributed by atoms with Gasteiger partial charge in [-0.15, -0.1) is 23.5 Å². The summed E-state index contributed by atoms with van der Waals surface area (Å²) in [5.74, 6) is -0.861. The Hall–Kier alpha value is -4.12. The Morgan fingerprint density at radius 3 is 1.27 bits per heavy atom. The van der Waals surface area contributed by atoms with Gasteiger partial charge in [-0.05, 0) is 76.3 Å². The monoisotopic (exact) mass is 918 g/mol. The molecule has 64 heavy (non-hydrogen) atoms. The highest BCUT2D eigenvalue weighted by molar-refractivity contribution is 8.01. The normalized spacial score (nSPS) is 24.1. The molecule has 0 aromatic heterocycles. The quantitative estimate of drug-likeness (QED) is 0.0963. The molecule has 2 aromatic carbocycles. The number of amides is 6. The highest BCUT2D eigenvalue weighted by atomic mass is 32.2. The van der Waals surface area contributed by atoms with Gasteiger partial charge >= 0.3 is 0 Å². The Labute approximate surface area is 387 Å². The number of hydrogen-bond donors (Lipinski definition) is 8. The Bertz CT molecular complexity index is 1760. The molecule has 2 saturated carbocycles. The summed E-state index contributed by atoms with van der Waals surface area (Å²) in [6, 6.07) is 15.6. The van der Waals surface area contributed by atoms with Gasteiger partial charge < -0.3 is 31.9 Å². The molecule has 2 aliphatic heterocycles. The predicted molar refractivity (Wildman–Crippen MR) is 254 cm³/mol. The van der Waals surface area contributed by atoms with E-state index in [9.17, 15) is 28.8 Å². The lowest BCUT2D eigenvalue weighted by atomic mass is 9.89. The summed E-state index contributed by atoms with van der Waals surface area (Å²) in [4.78, 5) is 81.8. The van der Waals surface area contributed by atoms with E-state index >= 15 is 0 Å². The summed E-state index contributed by atoms with van der Waals surface area (Å²) in [5, 5.41) is 23.7. The van der Waals surface area contributed by atoms with Crippen molar-refractivity contribution in [1.29, 1.82) is 0 Å². The molecule has 4 aliphatic rings. The molecular weight excluding hydrogens is 849 g/mol. The Kier molecular flexibility index (Phi) is 18.0. The van der Waals surface area contributed by atoms with Gasteiger partial charge in [0.1, 0.15) is 24.2 Å². The van der Waals surface area contributed by atoms with E-state index in [1.807, 2.05) is 88.4 Å². The van der Waals surface area contributed by atoms with Crippen LogP contribution in [0.1, 0.15) is 103 Å². The zero-order chi connectivity index (χ0) is 45.7. The maximum atomic E-state index is 13.8. The molecule has 8 N–H and O–H groups in total. The van der Waals surface area contributed by atoms with Crippen LogP contribution in [0.4, 0.5) is 0 Å². The summed E-state index contributed by atoms with van der Waals surface area (Å²) in [5.41, 5.74) is 1.67. The second-order valence-electron chi connectivity index (χ2n) is 19.0. The summed E-state index contributed by atoms with van der Waals surface area (Å²) in [7, 11) is 0. The van der Waals surface area contributed by atoms with Crippen molar-refractivity contribution in [3.63, 3.8) is 0 Å². The maximum Gasteiger partial charge on any atom is 0.245 e. The maximum absolute atomic E-state index is 13.8. The van der Waals surface area contributed by atoms with E-state index in [2.05, 4.69) is 42.5 Å². The second kappa shape index (κ2) is 23.4. The molecular formula is C48H70N8O6S2. The lowest BCUT2D eigenvalue weighted by Gasteiger charge is -2.27. The Balaban J connectivity index is 1.02. The smallest absolute Gasteiger partial charge is 0.245 e. The first-order valence-electron chi connectivity index (χ1n) is 23.3. The van der Waals surface area contributed by atoms with Crippen molar-refractivity contribution in [2.45, 2.75) is 149 Å². The van der Waals surface area contributed by atoms with Crippen molar-refractivity contribution in [1.82, 2.24) is 42.5 Å². The summed E-state index contributed by atoms with van der Waals surface area (Å²) < 4.78 is -1.27. The zero-order valence-corrected chi connectivity index (χ0v) is 39.6. The molecule has 4 fully saturated rings. The van der Waals surface area contributed by atoms with Crippen molar-refractivity contribution in [3.05, 3.63) is 71.8 Å². The fraction of sp³-hybridized carbons (Fsp3) is 0.625. The third-order valence-electron chi connectivity index (χ3n) is 13.0. The molecule has 2 saturated heterocycles. The number of carbonyl (C=O) groups is 6. The standard InChI is InChI=1S/C48H70N8O6S2/c1-47(2)39(55-45(63-47)37(41(59)51-29-33-21-13-7-14-22-33)53-35(57)27-31-17-9-5-10-18-31)43(61)49-25-26-50-44(62)40-48(3,4)64-46(56-40)38(42(60)52-30-34-23-15-8-16-24-34)54-36(58)28-32-19-11-6-12-20-32/h5-6,9-12,17-20,33-34,37-40,45-46,55-56H,7-8,13-16,21-30H2,1-4H3,(H,49,61)(H,50,62)(H,51,59)(H,52,60)(H,53,57)(H,54,58)/t37-,38-,39+,40+,45-,46-/m1/s1. The van der Waals surface area contributed by atoms with E-state index in [4.69, 9.17) is 0 Å². The molecule has 0 unspecified atom stereocenters. The van der Waals surface area contributed by atoms with Crippen molar-refractivity contribution >= 4 is 59.0 Å². The number of nitrogens with one attached hydrogen (secondary N) is 8. The second-order valence-corrected chi connectivity index (χ2v) is 22.6. The van der Waals surface area contributed by atoms with Crippen LogP contribution in [-0.2, 0) is 41.6 Å². The van der Waals surface area contributed by atoms with Crippen LogP contribution in [0.2, 0.25) is 0 Å². The van der Waals surface area contributed by atoms with Crippen LogP contribution < -0.4 is 42.5 Å². The highest BCUT2D eigenvalue weighted by Gasteiger charge is 2.50. The molecule has 2 heterocycles. The first-order chi connectivity index (χ1) is 30.7. The number of carbonyl (C=O) groups excluding carboxylic acids is 6.